The summed E-state index contributed by atoms with van der Waals surface area (Å²) in [6.07, 6.45) is -0.310. The molecule has 0 bridgehead atoms. The van der Waals surface area contributed by atoms with Gasteiger partial charge in [0.2, 0.25) is 11.8 Å². The number of rotatable bonds is 12. The van der Waals surface area contributed by atoms with E-state index in [0.29, 0.717) is 4.90 Å². The van der Waals surface area contributed by atoms with Gasteiger partial charge in [-0.1, -0.05) is 25.6 Å². The van der Waals surface area contributed by atoms with E-state index in [2.05, 4.69) is 10.1 Å². The molecule has 164 valence electrons. The van der Waals surface area contributed by atoms with Crippen LogP contribution in [0.3, 0.4) is 0 Å². The fourth-order valence-electron chi connectivity index (χ4n) is 1.99. The van der Waals surface area contributed by atoms with Crippen LogP contribution in [-0.2, 0) is 33.5 Å². The van der Waals surface area contributed by atoms with Crippen LogP contribution in [0.4, 0.5) is 0 Å². The third kappa shape index (κ3) is 10.0. The van der Waals surface area contributed by atoms with E-state index in [4.69, 9.17) is 10.8 Å². The number of amides is 3. The lowest BCUT2D eigenvalue weighted by molar-refractivity contribution is -0.155. The van der Waals surface area contributed by atoms with Crippen molar-refractivity contribution >= 4 is 46.5 Å². The van der Waals surface area contributed by atoms with Gasteiger partial charge in [0.1, 0.15) is 18.6 Å². The van der Waals surface area contributed by atoms with Crippen LogP contribution in [0.5, 0.6) is 0 Å². The molecular weight excluding hydrogens is 406 g/mol. The van der Waals surface area contributed by atoms with Gasteiger partial charge in [-0.25, -0.2) is 0 Å². The van der Waals surface area contributed by atoms with Crippen LogP contribution in [0.1, 0.15) is 39.5 Å². The van der Waals surface area contributed by atoms with E-state index < -0.39 is 48.3 Å². The second-order valence-corrected chi connectivity index (χ2v) is 6.97. The number of ether oxygens (including phenoxy) is 1. The summed E-state index contributed by atoms with van der Waals surface area (Å²) in [6, 6.07) is -2.52. The summed E-state index contributed by atoms with van der Waals surface area (Å²) < 4.78 is 4.49. The van der Waals surface area contributed by atoms with Gasteiger partial charge in [-0.15, -0.1) is 0 Å². The molecule has 4 N–H and O–H groups in total. The van der Waals surface area contributed by atoms with Gasteiger partial charge in [0.05, 0.1) is 7.11 Å². The number of esters is 1. The summed E-state index contributed by atoms with van der Waals surface area (Å²) in [5.41, 5.74) is 5.35. The van der Waals surface area contributed by atoms with Crippen molar-refractivity contribution in [1.82, 2.24) is 10.2 Å². The molecule has 0 aromatic heterocycles. The molecular formula is C17H27N3O8S. The van der Waals surface area contributed by atoms with Crippen molar-refractivity contribution in [2.24, 2.45) is 5.73 Å². The van der Waals surface area contributed by atoms with Gasteiger partial charge in [-0.3, -0.25) is 33.7 Å². The third-order valence-electron chi connectivity index (χ3n) is 3.72. The van der Waals surface area contributed by atoms with Crippen LogP contribution in [-0.4, -0.2) is 76.3 Å². The van der Waals surface area contributed by atoms with Crippen LogP contribution in [0.25, 0.3) is 0 Å². The number of imide groups is 1. The molecule has 0 radical (unpaired) electrons. The van der Waals surface area contributed by atoms with Crippen molar-refractivity contribution in [2.75, 3.05) is 19.4 Å². The number of hydrogen-bond acceptors (Lipinski definition) is 9. The fraction of sp³-hybridized carbons (Fsp3) is 0.647. The maximum absolute atomic E-state index is 12.8. The number of nitrogens with one attached hydrogen (secondary N) is 1. The second-order valence-electron chi connectivity index (χ2n) is 5.89. The molecule has 0 aromatic rings. The normalized spacial score (nSPS) is 12.4. The number of carbonyl (C=O) groups is 6. The van der Waals surface area contributed by atoms with E-state index in [1.54, 1.807) is 6.92 Å². The molecule has 0 rings (SSSR count). The summed E-state index contributed by atoms with van der Waals surface area (Å²) in [7, 11) is 1.10. The number of carboxylic acids is 1. The Balaban J connectivity index is 5.37. The van der Waals surface area contributed by atoms with E-state index in [1.165, 1.54) is 6.92 Å². The highest BCUT2D eigenvalue weighted by molar-refractivity contribution is 8.13. The van der Waals surface area contributed by atoms with Crippen molar-refractivity contribution in [3.8, 4) is 0 Å². The molecule has 29 heavy (non-hydrogen) atoms. The van der Waals surface area contributed by atoms with Crippen molar-refractivity contribution < 1.29 is 38.6 Å². The molecule has 0 aliphatic carbocycles. The van der Waals surface area contributed by atoms with Crippen LogP contribution >= 0.6 is 11.8 Å². The molecule has 0 saturated carbocycles. The highest BCUT2D eigenvalue weighted by atomic mass is 32.2. The first-order chi connectivity index (χ1) is 13.6. The van der Waals surface area contributed by atoms with Crippen LogP contribution in [0, 0.1) is 0 Å². The van der Waals surface area contributed by atoms with Gasteiger partial charge in [0, 0.05) is 25.0 Å². The van der Waals surface area contributed by atoms with Crippen LogP contribution in [0.2, 0.25) is 0 Å². The van der Waals surface area contributed by atoms with Crippen molar-refractivity contribution in [2.45, 2.75) is 51.6 Å². The number of hydrogen-bond donors (Lipinski definition) is 3. The SMILES string of the molecule is CCC(=O)SCC(NC(=O)CCC(N)C(=O)O)C(=O)N(CC(=O)OC)C(=O)CC. The van der Waals surface area contributed by atoms with Crippen molar-refractivity contribution in [3.63, 3.8) is 0 Å². The molecule has 0 aliphatic heterocycles. The van der Waals surface area contributed by atoms with Crippen molar-refractivity contribution in [1.29, 1.82) is 0 Å². The Hall–Kier alpha value is -2.47. The maximum Gasteiger partial charge on any atom is 0.325 e. The van der Waals surface area contributed by atoms with E-state index in [-0.39, 0.29) is 36.6 Å². The number of nitrogens with zero attached hydrogens (tertiary/aromatic N) is 1. The summed E-state index contributed by atoms with van der Waals surface area (Å²) in [5, 5.41) is 10.9. The van der Waals surface area contributed by atoms with Crippen LogP contribution < -0.4 is 11.1 Å². The first kappa shape index (κ1) is 26.5. The lowest BCUT2D eigenvalue weighted by Crippen LogP contribution is -2.53. The Bertz CT molecular complexity index is 640. The molecule has 0 saturated heterocycles. The van der Waals surface area contributed by atoms with Gasteiger partial charge < -0.3 is 20.9 Å². The maximum atomic E-state index is 12.8. The number of nitrogens with two attached hydrogens (primary N) is 1. The van der Waals surface area contributed by atoms with Crippen molar-refractivity contribution in [3.05, 3.63) is 0 Å². The zero-order valence-corrected chi connectivity index (χ0v) is 17.5. The predicted octanol–water partition coefficient (Wildman–Crippen LogP) is -0.729. The molecule has 0 aromatic carbocycles. The molecule has 11 nitrogen and oxygen atoms in total. The topological polar surface area (TPSA) is 173 Å². The average Bonchev–Trinajstić information content (AvgIpc) is 2.71. The van der Waals surface area contributed by atoms with E-state index in [9.17, 15) is 28.8 Å². The quantitative estimate of drug-likeness (QED) is 0.333. The average molecular weight is 433 g/mol. The first-order valence-electron chi connectivity index (χ1n) is 8.91. The smallest absolute Gasteiger partial charge is 0.325 e. The van der Waals surface area contributed by atoms with Crippen LogP contribution in [0.15, 0.2) is 0 Å². The molecule has 2 atom stereocenters. The second kappa shape index (κ2) is 13.7. The van der Waals surface area contributed by atoms with Gasteiger partial charge >= 0.3 is 11.9 Å². The molecule has 0 spiro atoms. The molecule has 0 fully saturated rings. The number of aliphatic carboxylic acids is 1. The number of thioether (sulfide) groups is 1. The highest BCUT2D eigenvalue weighted by Crippen LogP contribution is 2.11. The van der Waals surface area contributed by atoms with E-state index in [1.807, 2.05) is 0 Å². The molecule has 12 heteroatoms. The Morgan fingerprint density at radius 1 is 1.14 bits per heavy atom. The molecule has 3 amide bonds. The minimum absolute atomic E-state index is 0.0715. The lowest BCUT2D eigenvalue weighted by Gasteiger charge is -2.25. The largest absolute Gasteiger partial charge is 0.480 e. The van der Waals surface area contributed by atoms with E-state index in [0.717, 1.165) is 18.9 Å². The van der Waals surface area contributed by atoms with Gasteiger partial charge in [-0.2, -0.15) is 0 Å². The standard InChI is InChI=1S/C17H27N3O8S/c1-4-13(22)20(8-14(23)28-3)16(25)11(9-29-15(24)5-2)19-12(21)7-6-10(18)17(26)27/h10-11H,4-9,18H2,1-3H3,(H,19,21)(H,26,27). The summed E-state index contributed by atoms with van der Waals surface area (Å²) in [4.78, 5) is 71.6. The van der Waals surface area contributed by atoms with E-state index >= 15 is 0 Å². The predicted molar refractivity (Wildman–Crippen MR) is 104 cm³/mol. The Labute approximate surface area is 172 Å². The number of carbonyl (C=O) groups excluding carboxylic acids is 5. The minimum Gasteiger partial charge on any atom is -0.480 e. The molecule has 0 aliphatic rings. The zero-order valence-electron chi connectivity index (χ0n) is 16.6. The first-order valence-corrected chi connectivity index (χ1v) is 9.90. The Morgan fingerprint density at radius 3 is 2.24 bits per heavy atom. The molecule has 2 unspecified atom stereocenters. The van der Waals surface area contributed by atoms with Gasteiger partial charge in [0.15, 0.2) is 5.12 Å². The Morgan fingerprint density at radius 2 is 1.76 bits per heavy atom. The Kier molecular flexibility index (Phi) is 12.5. The summed E-state index contributed by atoms with van der Waals surface area (Å²) >= 11 is 0.798. The monoisotopic (exact) mass is 433 g/mol. The fourth-order valence-corrected chi connectivity index (χ4v) is 2.77. The third-order valence-corrected chi connectivity index (χ3v) is 4.83. The minimum atomic E-state index is -1.27. The molecule has 0 heterocycles. The summed E-state index contributed by atoms with van der Waals surface area (Å²) in [5.74, 6) is -4.44. The number of methoxy groups -OCH3 is 1. The van der Waals surface area contributed by atoms with Gasteiger partial charge in [0.25, 0.3) is 5.91 Å². The van der Waals surface area contributed by atoms with Gasteiger partial charge in [-0.05, 0) is 6.42 Å². The number of carboxylic acid groups (broad SMARTS) is 1. The zero-order chi connectivity index (χ0) is 22.6. The highest BCUT2D eigenvalue weighted by Gasteiger charge is 2.31. The lowest BCUT2D eigenvalue weighted by atomic mass is 10.1. The summed E-state index contributed by atoms with van der Waals surface area (Å²) in [6.45, 7) is 2.49.